The first-order valence-electron chi connectivity index (χ1n) is 7.43. The van der Waals surface area contributed by atoms with Crippen molar-refractivity contribution in [3.8, 4) is 5.69 Å². The summed E-state index contributed by atoms with van der Waals surface area (Å²) in [6.07, 6.45) is 1.11. The third-order valence-electron chi connectivity index (χ3n) is 4.57. The van der Waals surface area contributed by atoms with Gasteiger partial charge in [0.05, 0.1) is 23.6 Å². The van der Waals surface area contributed by atoms with Crippen LogP contribution >= 0.6 is 0 Å². The molecule has 1 aromatic carbocycles. The molecule has 110 valence electrons. The van der Waals surface area contributed by atoms with Gasteiger partial charge in [-0.2, -0.15) is 0 Å². The summed E-state index contributed by atoms with van der Waals surface area (Å²) in [6, 6.07) is 9.98. The fourth-order valence-corrected chi connectivity index (χ4v) is 3.37. The van der Waals surface area contributed by atoms with Gasteiger partial charge in [0, 0.05) is 32.7 Å². The highest BCUT2D eigenvalue weighted by molar-refractivity contribution is 5.32. The fourth-order valence-electron chi connectivity index (χ4n) is 3.37. The average molecular weight is 285 g/mol. The number of hydrogen-bond acceptors (Lipinski definition) is 5. The number of aliphatic hydroxyl groups is 1. The van der Waals surface area contributed by atoms with E-state index in [0.29, 0.717) is 0 Å². The lowest BCUT2D eigenvalue weighted by atomic mass is 10.0. The quantitative estimate of drug-likeness (QED) is 0.879. The Morgan fingerprint density at radius 2 is 1.86 bits per heavy atom. The maximum atomic E-state index is 10.8. The van der Waals surface area contributed by atoms with Gasteiger partial charge >= 0.3 is 0 Å². The minimum Gasteiger partial charge on any atom is -0.385 e. The van der Waals surface area contributed by atoms with Crippen LogP contribution in [0.3, 0.4) is 0 Å². The Labute approximate surface area is 123 Å². The summed E-state index contributed by atoms with van der Waals surface area (Å²) in [4.78, 5) is 4.80. The number of hydrogen-bond donors (Lipinski definition) is 1. The molecule has 2 aromatic rings. The Kier molecular flexibility index (Phi) is 3.21. The lowest BCUT2D eigenvalue weighted by Crippen LogP contribution is -2.62. The van der Waals surface area contributed by atoms with Gasteiger partial charge in [-0.1, -0.05) is 23.4 Å². The van der Waals surface area contributed by atoms with Crippen molar-refractivity contribution in [2.75, 3.05) is 32.7 Å². The number of rotatable bonds is 3. The first kappa shape index (κ1) is 12.9. The van der Waals surface area contributed by atoms with Crippen LogP contribution in [0.2, 0.25) is 0 Å². The van der Waals surface area contributed by atoms with Gasteiger partial charge in [-0.25, -0.2) is 4.68 Å². The van der Waals surface area contributed by atoms with Crippen molar-refractivity contribution in [1.82, 2.24) is 24.8 Å². The number of nitrogens with zero attached hydrogens (tertiary/aromatic N) is 5. The number of benzene rings is 1. The molecule has 1 N–H and O–H groups in total. The van der Waals surface area contributed by atoms with E-state index in [-0.39, 0.29) is 6.04 Å². The molecule has 5 rings (SSSR count). The summed E-state index contributed by atoms with van der Waals surface area (Å²) in [6.45, 7) is 5.21. The lowest BCUT2D eigenvalue weighted by molar-refractivity contribution is -0.0489. The van der Waals surface area contributed by atoms with Crippen LogP contribution in [0.15, 0.2) is 36.5 Å². The van der Waals surface area contributed by atoms with Crippen molar-refractivity contribution in [2.24, 2.45) is 0 Å². The molecule has 6 nitrogen and oxygen atoms in total. The maximum absolute atomic E-state index is 10.8. The molecule has 2 bridgehead atoms. The number of piperazine rings is 3. The molecule has 21 heavy (non-hydrogen) atoms. The summed E-state index contributed by atoms with van der Waals surface area (Å²) < 4.78 is 1.74. The number of aromatic nitrogens is 3. The zero-order chi connectivity index (χ0) is 14.2. The molecule has 3 aliphatic rings. The van der Waals surface area contributed by atoms with E-state index in [1.807, 2.05) is 30.3 Å². The SMILES string of the molecule is OC(c1cnnn1-c1ccccc1)C1CN2CCN1CC2. The fraction of sp³-hybridized carbons (Fsp3) is 0.467. The van der Waals surface area contributed by atoms with E-state index in [4.69, 9.17) is 0 Å². The second kappa shape index (κ2) is 5.22. The first-order valence-corrected chi connectivity index (χ1v) is 7.43. The third-order valence-corrected chi connectivity index (χ3v) is 4.57. The van der Waals surface area contributed by atoms with Gasteiger partial charge < -0.3 is 5.11 Å². The summed E-state index contributed by atoms with van der Waals surface area (Å²) >= 11 is 0. The highest BCUT2D eigenvalue weighted by Crippen LogP contribution is 2.27. The van der Waals surface area contributed by atoms with Gasteiger partial charge in [0.1, 0.15) is 6.10 Å². The Hall–Kier alpha value is -1.76. The Bertz CT molecular complexity index is 606. The molecular formula is C15H19N5O. The second-order valence-electron chi connectivity index (χ2n) is 5.75. The Balaban J connectivity index is 1.64. The van der Waals surface area contributed by atoms with E-state index in [1.54, 1.807) is 10.9 Å². The van der Waals surface area contributed by atoms with Gasteiger partial charge in [-0.15, -0.1) is 5.10 Å². The highest BCUT2D eigenvalue weighted by Gasteiger charge is 2.38. The van der Waals surface area contributed by atoms with E-state index in [0.717, 1.165) is 44.1 Å². The van der Waals surface area contributed by atoms with E-state index in [2.05, 4.69) is 20.1 Å². The molecule has 4 heterocycles. The van der Waals surface area contributed by atoms with Crippen molar-refractivity contribution < 1.29 is 5.11 Å². The van der Waals surface area contributed by atoms with E-state index in [1.165, 1.54) is 0 Å². The van der Waals surface area contributed by atoms with Crippen molar-refractivity contribution >= 4 is 0 Å². The number of para-hydroxylation sites is 1. The third kappa shape index (κ3) is 2.25. The normalized spacial score (nSPS) is 29.5. The van der Waals surface area contributed by atoms with E-state index in [9.17, 15) is 5.11 Å². The molecule has 2 atom stereocenters. The van der Waals surface area contributed by atoms with Crippen LogP contribution in [0, 0.1) is 0 Å². The van der Waals surface area contributed by atoms with Crippen LogP contribution in [0.5, 0.6) is 0 Å². The highest BCUT2D eigenvalue weighted by atomic mass is 16.3. The van der Waals surface area contributed by atoms with Gasteiger partial charge in [0.15, 0.2) is 0 Å². The second-order valence-corrected chi connectivity index (χ2v) is 5.75. The lowest BCUT2D eigenvalue weighted by Gasteiger charge is -2.48. The van der Waals surface area contributed by atoms with Gasteiger partial charge in [0.25, 0.3) is 0 Å². The monoisotopic (exact) mass is 285 g/mol. The van der Waals surface area contributed by atoms with Crippen molar-refractivity contribution in [3.63, 3.8) is 0 Å². The largest absolute Gasteiger partial charge is 0.385 e. The van der Waals surface area contributed by atoms with Crippen molar-refractivity contribution in [3.05, 3.63) is 42.2 Å². The number of aliphatic hydroxyl groups excluding tert-OH is 1. The predicted molar refractivity (Wildman–Crippen MR) is 78.1 cm³/mol. The molecular weight excluding hydrogens is 266 g/mol. The van der Waals surface area contributed by atoms with Gasteiger partial charge in [-0.3, -0.25) is 9.80 Å². The van der Waals surface area contributed by atoms with Crippen LogP contribution in [-0.2, 0) is 0 Å². The van der Waals surface area contributed by atoms with Gasteiger partial charge in [0.2, 0.25) is 0 Å². The van der Waals surface area contributed by atoms with Gasteiger partial charge in [-0.05, 0) is 12.1 Å². The van der Waals surface area contributed by atoms with Crippen LogP contribution in [0.25, 0.3) is 5.69 Å². The average Bonchev–Trinajstić information content (AvgIpc) is 3.05. The summed E-state index contributed by atoms with van der Waals surface area (Å²) in [5.41, 5.74) is 1.69. The van der Waals surface area contributed by atoms with Crippen LogP contribution in [-0.4, -0.2) is 68.7 Å². The molecule has 3 saturated heterocycles. The minimum absolute atomic E-state index is 0.133. The Morgan fingerprint density at radius 1 is 1.10 bits per heavy atom. The molecule has 2 unspecified atom stereocenters. The summed E-state index contributed by atoms with van der Waals surface area (Å²) in [7, 11) is 0. The van der Waals surface area contributed by atoms with Crippen molar-refractivity contribution in [1.29, 1.82) is 0 Å². The first-order chi connectivity index (χ1) is 10.3. The van der Waals surface area contributed by atoms with Crippen molar-refractivity contribution in [2.45, 2.75) is 12.1 Å². The number of fused-ring (bicyclic) bond motifs is 3. The maximum Gasteiger partial charge on any atom is 0.114 e. The Morgan fingerprint density at radius 3 is 2.52 bits per heavy atom. The van der Waals surface area contributed by atoms with Crippen LogP contribution in [0.4, 0.5) is 0 Å². The predicted octanol–water partition coefficient (Wildman–Crippen LogP) is 0.300. The molecule has 0 radical (unpaired) electrons. The smallest absolute Gasteiger partial charge is 0.114 e. The van der Waals surface area contributed by atoms with Crippen LogP contribution in [0.1, 0.15) is 11.8 Å². The molecule has 0 spiro atoms. The zero-order valence-electron chi connectivity index (χ0n) is 11.8. The minimum atomic E-state index is -0.566. The van der Waals surface area contributed by atoms with E-state index >= 15 is 0 Å². The summed E-state index contributed by atoms with van der Waals surface area (Å²) in [5, 5.41) is 19.0. The van der Waals surface area contributed by atoms with E-state index < -0.39 is 6.10 Å². The molecule has 3 aliphatic heterocycles. The van der Waals surface area contributed by atoms with Crippen LogP contribution < -0.4 is 0 Å². The topological polar surface area (TPSA) is 57.4 Å². The molecule has 6 heteroatoms. The molecule has 0 amide bonds. The summed E-state index contributed by atoms with van der Waals surface area (Å²) in [5.74, 6) is 0. The molecule has 0 aliphatic carbocycles. The molecule has 1 aromatic heterocycles. The standard InChI is InChI=1S/C15H19N5O/c21-15(14-11-18-6-8-19(14)9-7-18)13-10-16-17-20(13)12-4-2-1-3-5-12/h1-5,10,14-15,21H,6-9,11H2. The zero-order valence-corrected chi connectivity index (χ0v) is 11.8. The molecule has 3 fully saturated rings. The molecule has 0 saturated carbocycles.